The number of halogens is 1. The van der Waals surface area contributed by atoms with Crippen LogP contribution in [-0.2, 0) is 11.3 Å². The molecule has 0 unspecified atom stereocenters. The van der Waals surface area contributed by atoms with Crippen molar-refractivity contribution in [2.45, 2.75) is 13.5 Å². The first-order chi connectivity index (χ1) is 15.0. The van der Waals surface area contributed by atoms with E-state index in [9.17, 15) is 4.79 Å². The topological polar surface area (TPSA) is 132 Å². The van der Waals surface area contributed by atoms with Crippen molar-refractivity contribution in [1.82, 2.24) is 25.1 Å². The summed E-state index contributed by atoms with van der Waals surface area (Å²) in [6, 6.07) is 16.4. The van der Waals surface area contributed by atoms with Crippen LogP contribution < -0.4 is 11.1 Å². The number of esters is 1. The zero-order valence-corrected chi connectivity index (χ0v) is 17.2. The van der Waals surface area contributed by atoms with Gasteiger partial charge >= 0.3 is 5.97 Å². The molecule has 0 atom stereocenters. The molecule has 4 rings (SSSR count). The number of nitrogens with two attached hydrogens (primary N) is 1. The Morgan fingerprint density at radius 3 is 2.58 bits per heavy atom. The molecule has 156 valence electrons. The minimum atomic E-state index is -0.586. The number of nitrogens with zero attached hydrogens (tertiary/aromatic N) is 4. The van der Waals surface area contributed by atoms with E-state index in [4.69, 9.17) is 22.1 Å². The molecule has 0 radical (unpaired) electrons. The molecule has 0 saturated carbocycles. The van der Waals surface area contributed by atoms with Crippen molar-refractivity contribution in [3.05, 3.63) is 76.7 Å². The first-order valence-corrected chi connectivity index (χ1v) is 9.67. The summed E-state index contributed by atoms with van der Waals surface area (Å²) in [5.41, 5.74) is 9.37. The molecule has 31 heavy (non-hydrogen) atoms. The van der Waals surface area contributed by atoms with Gasteiger partial charge in [-0.15, -0.1) is 0 Å². The molecule has 4 N–H and O–H groups in total. The summed E-state index contributed by atoms with van der Waals surface area (Å²) in [6.07, 6.45) is 0. The minimum absolute atomic E-state index is 0.000657. The van der Waals surface area contributed by atoms with Gasteiger partial charge in [0.2, 0.25) is 11.9 Å². The Bertz CT molecular complexity index is 1210. The number of benzene rings is 2. The van der Waals surface area contributed by atoms with Crippen LogP contribution in [0.2, 0.25) is 5.02 Å². The van der Waals surface area contributed by atoms with Gasteiger partial charge in [0, 0.05) is 16.3 Å². The zero-order chi connectivity index (χ0) is 21.8. The first kappa shape index (κ1) is 20.3. The molecule has 0 aliphatic rings. The molecule has 0 fully saturated rings. The van der Waals surface area contributed by atoms with Crippen molar-refractivity contribution in [1.29, 1.82) is 0 Å². The standard InChI is InChI=1S/C21H18ClN7O2/c1-12-2-4-13(5-3-12)16-10-17(29-28-16)19(30)31-11-18-25-20(23)27-21(26-18)24-15-8-6-14(22)7-9-15/h2-10H,11H2,1H3,(H,28,29)(H3,23,24,25,26,27). The van der Waals surface area contributed by atoms with Gasteiger partial charge in [0.15, 0.2) is 12.4 Å². The van der Waals surface area contributed by atoms with E-state index in [2.05, 4.69) is 30.5 Å². The highest BCUT2D eigenvalue weighted by molar-refractivity contribution is 6.30. The number of H-pyrrole nitrogens is 1. The van der Waals surface area contributed by atoms with Gasteiger partial charge in [-0.25, -0.2) is 4.79 Å². The zero-order valence-electron chi connectivity index (χ0n) is 16.5. The molecule has 0 bridgehead atoms. The number of carbonyl (C=O) groups excluding carboxylic acids is 1. The van der Waals surface area contributed by atoms with Gasteiger partial charge in [-0.1, -0.05) is 41.4 Å². The molecule has 2 heterocycles. The summed E-state index contributed by atoms with van der Waals surface area (Å²) >= 11 is 5.88. The van der Waals surface area contributed by atoms with Crippen LogP contribution >= 0.6 is 11.6 Å². The van der Waals surface area contributed by atoms with E-state index in [0.717, 1.165) is 16.8 Å². The number of nitrogen functional groups attached to an aromatic ring is 1. The largest absolute Gasteiger partial charge is 0.453 e. The highest BCUT2D eigenvalue weighted by Gasteiger charge is 2.14. The van der Waals surface area contributed by atoms with E-state index >= 15 is 0 Å². The third kappa shape index (κ3) is 5.14. The van der Waals surface area contributed by atoms with Crippen LogP contribution in [0.5, 0.6) is 0 Å². The molecule has 0 spiro atoms. The van der Waals surface area contributed by atoms with Gasteiger partial charge in [-0.05, 0) is 37.3 Å². The van der Waals surface area contributed by atoms with Gasteiger partial charge in [0.05, 0.1) is 5.69 Å². The number of nitrogens with one attached hydrogen (secondary N) is 2. The number of ether oxygens (including phenoxy) is 1. The second-order valence-electron chi connectivity index (χ2n) is 6.67. The van der Waals surface area contributed by atoms with Crippen molar-refractivity contribution in [2.75, 3.05) is 11.1 Å². The molecule has 0 amide bonds. The fourth-order valence-electron chi connectivity index (χ4n) is 2.73. The summed E-state index contributed by atoms with van der Waals surface area (Å²) in [7, 11) is 0. The molecular formula is C21H18ClN7O2. The van der Waals surface area contributed by atoms with Crippen molar-refractivity contribution < 1.29 is 9.53 Å². The maximum Gasteiger partial charge on any atom is 0.356 e. The summed E-state index contributed by atoms with van der Waals surface area (Å²) in [5, 5.41) is 10.5. The van der Waals surface area contributed by atoms with Crippen molar-refractivity contribution in [2.24, 2.45) is 0 Å². The van der Waals surface area contributed by atoms with Crippen LogP contribution in [0.4, 0.5) is 17.6 Å². The number of rotatable bonds is 6. The summed E-state index contributed by atoms with van der Waals surface area (Å²) in [6.45, 7) is 1.82. The Balaban J connectivity index is 1.42. The molecule has 0 aliphatic carbocycles. The lowest BCUT2D eigenvalue weighted by Gasteiger charge is -2.08. The predicted molar refractivity (Wildman–Crippen MR) is 117 cm³/mol. The lowest BCUT2D eigenvalue weighted by Crippen LogP contribution is -2.11. The van der Waals surface area contributed by atoms with E-state index < -0.39 is 5.97 Å². The highest BCUT2D eigenvalue weighted by Crippen LogP contribution is 2.19. The number of carbonyl (C=O) groups is 1. The monoisotopic (exact) mass is 435 g/mol. The fraction of sp³-hybridized carbons (Fsp3) is 0.0952. The first-order valence-electron chi connectivity index (χ1n) is 9.29. The van der Waals surface area contributed by atoms with Crippen LogP contribution in [0.1, 0.15) is 21.9 Å². The number of hydrogen-bond donors (Lipinski definition) is 3. The second-order valence-corrected chi connectivity index (χ2v) is 7.11. The lowest BCUT2D eigenvalue weighted by atomic mass is 10.1. The van der Waals surface area contributed by atoms with Gasteiger partial charge in [0.1, 0.15) is 5.69 Å². The fourth-order valence-corrected chi connectivity index (χ4v) is 2.85. The number of aryl methyl sites for hydroxylation is 1. The second kappa shape index (κ2) is 8.80. The van der Waals surface area contributed by atoms with E-state index in [0.29, 0.717) is 10.7 Å². The lowest BCUT2D eigenvalue weighted by molar-refractivity contribution is 0.0455. The van der Waals surface area contributed by atoms with E-state index in [1.807, 2.05) is 31.2 Å². The van der Waals surface area contributed by atoms with Crippen LogP contribution in [0.3, 0.4) is 0 Å². The Hall–Kier alpha value is -3.98. The summed E-state index contributed by atoms with van der Waals surface area (Å²) in [4.78, 5) is 24.7. The van der Waals surface area contributed by atoms with Crippen LogP contribution in [0.25, 0.3) is 11.3 Å². The average molecular weight is 436 g/mol. The SMILES string of the molecule is Cc1ccc(-c2cc(C(=O)OCc3nc(N)nc(Nc4ccc(Cl)cc4)n3)[nH]n2)cc1. The maximum absolute atomic E-state index is 12.4. The van der Waals surface area contributed by atoms with Gasteiger partial charge in [-0.3, -0.25) is 5.10 Å². The minimum Gasteiger partial charge on any atom is -0.453 e. The number of anilines is 3. The maximum atomic E-state index is 12.4. The molecule has 2 aromatic carbocycles. The number of hydrogen-bond acceptors (Lipinski definition) is 8. The average Bonchev–Trinajstić information content (AvgIpc) is 3.24. The van der Waals surface area contributed by atoms with Crippen molar-refractivity contribution in [3.8, 4) is 11.3 Å². The predicted octanol–water partition coefficient (Wildman–Crippen LogP) is 3.91. The Kier molecular flexibility index (Phi) is 5.76. The smallest absolute Gasteiger partial charge is 0.356 e. The summed E-state index contributed by atoms with van der Waals surface area (Å²) in [5.74, 6) is -0.155. The van der Waals surface area contributed by atoms with Crippen molar-refractivity contribution >= 4 is 35.2 Å². The van der Waals surface area contributed by atoms with Gasteiger partial charge < -0.3 is 15.8 Å². The van der Waals surface area contributed by atoms with E-state index in [1.165, 1.54) is 0 Å². The molecule has 10 heteroatoms. The molecule has 0 saturated heterocycles. The quantitative estimate of drug-likeness (QED) is 0.388. The molecule has 4 aromatic rings. The van der Waals surface area contributed by atoms with E-state index in [-0.39, 0.29) is 30.0 Å². The molecule has 2 aromatic heterocycles. The Morgan fingerprint density at radius 2 is 1.84 bits per heavy atom. The molecule has 9 nitrogen and oxygen atoms in total. The number of aromatic amines is 1. The normalized spacial score (nSPS) is 10.6. The van der Waals surface area contributed by atoms with Gasteiger partial charge in [-0.2, -0.15) is 20.1 Å². The molecule has 0 aliphatic heterocycles. The van der Waals surface area contributed by atoms with Gasteiger partial charge in [0.25, 0.3) is 0 Å². The number of aromatic nitrogens is 5. The van der Waals surface area contributed by atoms with Crippen LogP contribution in [0.15, 0.2) is 54.6 Å². The Labute approximate surface area is 182 Å². The van der Waals surface area contributed by atoms with Crippen LogP contribution in [0, 0.1) is 6.92 Å². The van der Waals surface area contributed by atoms with E-state index in [1.54, 1.807) is 30.3 Å². The summed E-state index contributed by atoms with van der Waals surface area (Å²) < 4.78 is 5.29. The Morgan fingerprint density at radius 1 is 1.10 bits per heavy atom. The van der Waals surface area contributed by atoms with Crippen LogP contribution in [-0.4, -0.2) is 31.1 Å². The van der Waals surface area contributed by atoms with Crippen molar-refractivity contribution in [3.63, 3.8) is 0 Å². The highest BCUT2D eigenvalue weighted by atomic mass is 35.5. The third-order valence-electron chi connectivity index (χ3n) is 4.28. The molecular weight excluding hydrogens is 418 g/mol. The third-order valence-corrected chi connectivity index (χ3v) is 4.53.